The van der Waals surface area contributed by atoms with Crippen LogP contribution in [0.15, 0.2) is 24.3 Å². The Bertz CT molecular complexity index is 544. The molecule has 2 rings (SSSR count). The molecule has 1 aliphatic rings. The summed E-state index contributed by atoms with van der Waals surface area (Å²) in [5.74, 6) is 0.994. The summed E-state index contributed by atoms with van der Waals surface area (Å²) in [5.41, 5.74) is 2.50. The van der Waals surface area contributed by atoms with Gasteiger partial charge in [-0.3, -0.25) is 0 Å². The predicted molar refractivity (Wildman–Crippen MR) is 100 cm³/mol. The minimum absolute atomic E-state index is 0.171. The molecule has 25 heavy (non-hydrogen) atoms. The van der Waals surface area contributed by atoms with Crippen LogP contribution in [-0.2, 0) is 22.5 Å². The van der Waals surface area contributed by atoms with Crippen molar-refractivity contribution in [3.8, 4) is 0 Å². The average Bonchev–Trinajstić information content (AvgIpc) is 2.58. The molecule has 140 valence electrons. The monoisotopic (exact) mass is 347 g/mol. The highest BCUT2D eigenvalue weighted by Crippen LogP contribution is 2.24. The van der Waals surface area contributed by atoms with Crippen molar-refractivity contribution in [3.63, 3.8) is 0 Å². The number of amides is 1. The zero-order valence-corrected chi connectivity index (χ0v) is 16.1. The maximum absolute atomic E-state index is 11.9. The fourth-order valence-electron chi connectivity index (χ4n) is 2.89. The Morgan fingerprint density at radius 2 is 2.12 bits per heavy atom. The van der Waals surface area contributed by atoms with Gasteiger partial charge in [0.05, 0.1) is 0 Å². The molecule has 0 saturated carbocycles. The van der Waals surface area contributed by atoms with Crippen LogP contribution in [0.4, 0.5) is 4.79 Å². The molecule has 1 aliphatic heterocycles. The van der Waals surface area contributed by atoms with Crippen LogP contribution in [0.25, 0.3) is 0 Å². The van der Waals surface area contributed by atoms with Gasteiger partial charge in [0.1, 0.15) is 6.61 Å². The van der Waals surface area contributed by atoms with E-state index in [1.54, 1.807) is 0 Å². The number of ether oxygens (including phenoxy) is 2. The lowest BCUT2D eigenvalue weighted by Crippen LogP contribution is -2.33. The van der Waals surface area contributed by atoms with E-state index in [1.807, 2.05) is 12.1 Å². The van der Waals surface area contributed by atoms with Gasteiger partial charge in [0, 0.05) is 19.8 Å². The third-order valence-corrected chi connectivity index (χ3v) is 5.17. The molecule has 2 atom stereocenters. The molecule has 1 fully saturated rings. The van der Waals surface area contributed by atoms with E-state index in [2.05, 4.69) is 45.1 Å². The molecular formula is C21H33NO3. The molecule has 4 nitrogen and oxygen atoms in total. The summed E-state index contributed by atoms with van der Waals surface area (Å²) in [5, 5.41) is 2.86. The first-order chi connectivity index (χ1) is 11.8. The molecule has 0 spiro atoms. The van der Waals surface area contributed by atoms with Crippen LogP contribution in [0.3, 0.4) is 0 Å². The number of hydrogen-bond acceptors (Lipinski definition) is 3. The largest absolute Gasteiger partial charge is 0.445 e. The molecule has 0 aromatic heterocycles. The van der Waals surface area contributed by atoms with Crippen molar-refractivity contribution in [2.45, 2.75) is 53.6 Å². The van der Waals surface area contributed by atoms with Crippen LogP contribution in [-0.4, -0.2) is 25.9 Å². The number of hydrogen-bond donors (Lipinski definition) is 1. The van der Waals surface area contributed by atoms with Crippen LogP contribution in [0, 0.1) is 17.3 Å². The van der Waals surface area contributed by atoms with Gasteiger partial charge >= 0.3 is 6.09 Å². The van der Waals surface area contributed by atoms with E-state index in [4.69, 9.17) is 9.47 Å². The van der Waals surface area contributed by atoms with Gasteiger partial charge in [-0.25, -0.2) is 4.79 Å². The normalized spacial score (nSPS) is 19.3. The van der Waals surface area contributed by atoms with Crippen LogP contribution in [0.5, 0.6) is 0 Å². The Labute approximate surface area is 152 Å². The second-order valence-electron chi connectivity index (χ2n) is 8.33. The lowest BCUT2D eigenvalue weighted by Gasteiger charge is -2.27. The number of carbonyl (C=O) groups is 1. The minimum atomic E-state index is -0.345. The van der Waals surface area contributed by atoms with Crippen LogP contribution in [0.1, 0.15) is 51.7 Å². The van der Waals surface area contributed by atoms with Gasteiger partial charge in [-0.05, 0) is 47.6 Å². The summed E-state index contributed by atoms with van der Waals surface area (Å²) in [6.07, 6.45) is 3.07. The summed E-state index contributed by atoms with van der Waals surface area (Å²) in [7, 11) is 0. The molecule has 0 aliphatic carbocycles. The molecule has 1 aromatic rings. The van der Waals surface area contributed by atoms with Gasteiger partial charge in [0.2, 0.25) is 0 Å². The first-order valence-corrected chi connectivity index (χ1v) is 9.41. The van der Waals surface area contributed by atoms with E-state index in [0.29, 0.717) is 25.0 Å². The molecule has 0 radical (unpaired) electrons. The molecule has 2 unspecified atom stereocenters. The Morgan fingerprint density at radius 3 is 2.80 bits per heavy atom. The van der Waals surface area contributed by atoms with Crippen molar-refractivity contribution >= 4 is 6.09 Å². The first-order valence-electron chi connectivity index (χ1n) is 9.41. The van der Waals surface area contributed by atoms with Crippen molar-refractivity contribution in [1.29, 1.82) is 0 Å². The molecule has 1 saturated heterocycles. The Balaban J connectivity index is 1.76. The predicted octanol–water partition coefficient (Wildman–Crippen LogP) is 4.56. The van der Waals surface area contributed by atoms with Crippen LogP contribution < -0.4 is 5.32 Å². The van der Waals surface area contributed by atoms with Crippen molar-refractivity contribution in [1.82, 2.24) is 5.32 Å². The summed E-state index contributed by atoms with van der Waals surface area (Å²) >= 11 is 0. The highest BCUT2D eigenvalue weighted by molar-refractivity contribution is 5.67. The van der Waals surface area contributed by atoms with Crippen molar-refractivity contribution in [2.75, 3.05) is 19.8 Å². The maximum Gasteiger partial charge on any atom is 0.407 e. The second-order valence-corrected chi connectivity index (χ2v) is 8.33. The van der Waals surface area contributed by atoms with Gasteiger partial charge < -0.3 is 14.8 Å². The smallest absolute Gasteiger partial charge is 0.407 e. The van der Waals surface area contributed by atoms with Gasteiger partial charge in [0.15, 0.2) is 0 Å². The van der Waals surface area contributed by atoms with Gasteiger partial charge in [-0.15, -0.1) is 0 Å². The van der Waals surface area contributed by atoms with E-state index in [9.17, 15) is 4.79 Å². The molecule has 1 aromatic carbocycles. The Hall–Kier alpha value is -1.55. The number of rotatable bonds is 6. The summed E-state index contributed by atoms with van der Waals surface area (Å²) in [6.45, 7) is 11.4. The number of benzene rings is 1. The van der Waals surface area contributed by atoms with E-state index in [-0.39, 0.29) is 11.5 Å². The average molecular weight is 347 g/mol. The SMILES string of the molecule is CC(CNC(=O)OCc1cccc(CC2CCCOC2)c1)C(C)(C)C. The van der Waals surface area contributed by atoms with E-state index >= 15 is 0 Å². The van der Waals surface area contributed by atoms with Gasteiger partial charge in [-0.2, -0.15) is 0 Å². The van der Waals surface area contributed by atoms with Crippen molar-refractivity contribution in [2.24, 2.45) is 17.3 Å². The third kappa shape index (κ3) is 7.07. The Morgan fingerprint density at radius 1 is 1.36 bits per heavy atom. The fraction of sp³-hybridized carbons (Fsp3) is 0.667. The zero-order valence-electron chi connectivity index (χ0n) is 16.1. The summed E-state index contributed by atoms with van der Waals surface area (Å²) in [6, 6.07) is 8.33. The summed E-state index contributed by atoms with van der Waals surface area (Å²) < 4.78 is 10.9. The van der Waals surface area contributed by atoms with E-state index in [0.717, 1.165) is 31.6 Å². The molecular weight excluding hydrogens is 314 g/mol. The highest BCUT2D eigenvalue weighted by Gasteiger charge is 2.20. The van der Waals surface area contributed by atoms with Crippen LogP contribution >= 0.6 is 0 Å². The van der Waals surface area contributed by atoms with Gasteiger partial charge in [-0.1, -0.05) is 52.0 Å². The number of alkyl carbamates (subject to hydrolysis) is 1. The van der Waals surface area contributed by atoms with Crippen molar-refractivity contribution in [3.05, 3.63) is 35.4 Å². The zero-order chi connectivity index (χ0) is 18.3. The van der Waals surface area contributed by atoms with Crippen LogP contribution in [0.2, 0.25) is 0 Å². The van der Waals surface area contributed by atoms with Crippen molar-refractivity contribution < 1.29 is 14.3 Å². The highest BCUT2D eigenvalue weighted by atomic mass is 16.5. The molecule has 1 amide bonds. The first kappa shape index (κ1) is 19.8. The number of carbonyl (C=O) groups excluding carboxylic acids is 1. The van der Waals surface area contributed by atoms with E-state index in [1.165, 1.54) is 12.0 Å². The fourth-order valence-corrected chi connectivity index (χ4v) is 2.89. The third-order valence-electron chi connectivity index (χ3n) is 5.17. The lowest BCUT2D eigenvalue weighted by molar-refractivity contribution is 0.0550. The lowest BCUT2D eigenvalue weighted by atomic mass is 9.82. The molecule has 0 bridgehead atoms. The molecule has 1 heterocycles. The topological polar surface area (TPSA) is 47.6 Å². The Kier molecular flexibility index (Phi) is 7.30. The standard InChI is InChI=1S/C21H33NO3/c1-16(21(2,3)4)13-22-20(23)25-15-19-8-5-7-17(12-19)11-18-9-6-10-24-14-18/h5,7-8,12,16,18H,6,9-11,13-15H2,1-4H3,(H,22,23). The summed E-state index contributed by atoms with van der Waals surface area (Å²) in [4.78, 5) is 11.9. The van der Waals surface area contributed by atoms with Gasteiger partial charge in [0.25, 0.3) is 0 Å². The second kappa shape index (κ2) is 9.23. The molecule has 4 heteroatoms. The van der Waals surface area contributed by atoms with E-state index < -0.39 is 0 Å². The minimum Gasteiger partial charge on any atom is -0.445 e. The number of nitrogens with one attached hydrogen (secondary N) is 1. The quantitative estimate of drug-likeness (QED) is 0.820. The molecule has 1 N–H and O–H groups in total. The maximum atomic E-state index is 11.9.